The van der Waals surface area contributed by atoms with E-state index < -0.39 is 12.1 Å². The van der Waals surface area contributed by atoms with Crippen molar-refractivity contribution in [1.29, 1.82) is 0 Å². The van der Waals surface area contributed by atoms with Crippen LogP contribution in [-0.2, 0) is 4.79 Å². The number of aliphatic hydroxyl groups is 1. The van der Waals surface area contributed by atoms with Crippen LogP contribution in [0.4, 0.5) is 0 Å². The standard InChI is InChI=1S/C13H17NO4/c1-8-3-4-11-9(5-8)13(17)10(7-18-11)14(2)6-12(15)16/h3-5,10,13,17H,6-7H2,1-2H3,(H,15,16). The van der Waals surface area contributed by atoms with Gasteiger partial charge in [-0.1, -0.05) is 11.6 Å². The Morgan fingerprint density at radius 2 is 2.28 bits per heavy atom. The first-order valence-electron chi connectivity index (χ1n) is 5.82. The van der Waals surface area contributed by atoms with Crippen molar-refractivity contribution in [3.8, 4) is 5.75 Å². The van der Waals surface area contributed by atoms with Gasteiger partial charge in [-0.15, -0.1) is 0 Å². The molecule has 0 amide bonds. The lowest BCUT2D eigenvalue weighted by molar-refractivity contribution is -0.139. The van der Waals surface area contributed by atoms with Gasteiger partial charge in [-0.05, 0) is 26.1 Å². The topological polar surface area (TPSA) is 70.0 Å². The van der Waals surface area contributed by atoms with E-state index >= 15 is 0 Å². The summed E-state index contributed by atoms with van der Waals surface area (Å²) < 4.78 is 5.57. The molecule has 1 aromatic rings. The zero-order valence-corrected chi connectivity index (χ0v) is 10.5. The Hall–Kier alpha value is -1.59. The van der Waals surface area contributed by atoms with Crippen molar-refractivity contribution < 1.29 is 19.7 Å². The van der Waals surface area contributed by atoms with Crippen LogP contribution in [0.2, 0.25) is 0 Å². The minimum absolute atomic E-state index is 0.119. The fraction of sp³-hybridized carbons (Fsp3) is 0.462. The molecule has 5 heteroatoms. The summed E-state index contributed by atoms with van der Waals surface area (Å²) in [7, 11) is 1.67. The van der Waals surface area contributed by atoms with E-state index in [0.29, 0.717) is 12.4 Å². The van der Waals surface area contributed by atoms with Gasteiger partial charge in [0.2, 0.25) is 0 Å². The predicted molar refractivity (Wildman–Crippen MR) is 65.7 cm³/mol. The van der Waals surface area contributed by atoms with Crippen LogP contribution in [0, 0.1) is 6.92 Å². The number of fused-ring (bicyclic) bond motifs is 1. The fourth-order valence-electron chi connectivity index (χ4n) is 2.20. The number of carbonyl (C=O) groups is 1. The van der Waals surface area contributed by atoms with Crippen molar-refractivity contribution in [3.63, 3.8) is 0 Å². The predicted octanol–water partition coefficient (Wildman–Crippen LogP) is 0.806. The van der Waals surface area contributed by atoms with Crippen LogP contribution in [0.15, 0.2) is 18.2 Å². The second-order valence-corrected chi connectivity index (χ2v) is 4.67. The van der Waals surface area contributed by atoms with E-state index in [4.69, 9.17) is 9.84 Å². The number of hydrogen-bond donors (Lipinski definition) is 2. The summed E-state index contributed by atoms with van der Waals surface area (Å²) in [5.41, 5.74) is 1.77. The first-order chi connectivity index (χ1) is 8.49. The second kappa shape index (κ2) is 4.96. The molecule has 2 atom stereocenters. The normalized spacial score (nSPS) is 22.4. The third-order valence-corrected chi connectivity index (χ3v) is 3.21. The number of aliphatic hydroxyl groups excluding tert-OH is 1. The molecule has 0 aliphatic carbocycles. The van der Waals surface area contributed by atoms with Crippen LogP contribution < -0.4 is 4.74 Å². The monoisotopic (exact) mass is 251 g/mol. The van der Waals surface area contributed by atoms with Gasteiger partial charge in [0.1, 0.15) is 18.5 Å². The second-order valence-electron chi connectivity index (χ2n) is 4.67. The lowest BCUT2D eigenvalue weighted by Crippen LogP contribution is -2.45. The Morgan fingerprint density at radius 1 is 1.56 bits per heavy atom. The Kier molecular flexibility index (Phi) is 3.54. The SMILES string of the molecule is Cc1ccc2c(c1)C(O)C(N(C)CC(=O)O)CO2. The maximum atomic E-state index is 10.7. The number of carboxylic acid groups (broad SMARTS) is 1. The summed E-state index contributed by atoms with van der Waals surface area (Å²) in [5, 5.41) is 19.1. The minimum atomic E-state index is -0.917. The van der Waals surface area contributed by atoms with Crippen molar-refractivity contribution in [2.75, 3.05) is 20.2 Å². The molecule has 1 heterocycles. The first kappa shape index (κ1) is 12.9. The molecule has 1 aromatic carbocycles. The van der Waals surface area contributed by atoms with Gasteiger partial charge in [-0.2, -0.15) is 0 Å². The van der Waals surface area contributed by atoms with E-state index in [9.17, 15) is 9.90 Å². The summed E-state index contributed by atoms with van der Waals surface area (Å²) in [6.45, 7) is 2.12. The summed E-state index contributed by atoms with van der Waals surface area (Å²) in [6.07, 6.45) is -0.724. The number of rotatable bonds is 3. The number of aryl methyl sites for hydroxylation is 1. The van der Waals surface area contributed by atoms with Crippen LogP contribution in [0.1, 0.15) is 17.2 Å². The van der Waals surface area contributed by atoms with Crippen LogP contribution in [-0.4, -0.2) is 47.3 Å². The highest BCUT2D eigenvalue weighted by Gasteiger charge is 2.32. The van der Waals surface area contributed by atoms with Gasteiger partial charge in [0.25, 0.3) is 0 Å². The molecule has 2 rings (SSSR count). The van der Waals surface area contributed by atoms with Crippen LogP contribution in [0.25, 0.3) is 0 Å². The van der Waals surface area contributed by atoms with E-state index in [1.165, 1.54) is 0 Å². The van der Waals surface area contributed by atoms with Crippen molar-refractivity contribution in [1.82, 2.24) is 4.90 Å². The van der Waals surface area contributed by atoms with E-state index in [1.54, 1.807) is 11.9 Å². The van der Waals surface area contributed by atoms with Gasteiger partial charge < -0.3 is 14.9 Å². The molecule has 0 bridgehead atoms. The molecule has 0 radical (unpaired) electrons. The van der Waals surface area contributed by atoms with Crippen molar-refractivity contribution in [2.45, 2.75) is 19.1 Å². The smallest absolute Gasteiger partial charge is 0.317 e. The zero-order valence-electron chi connectivity index (χ0n) is 10.5. The third-order valence-electron chi connectivity index (χ3n) is 3.21. The number of nitrogens with zero attached hydrogens (tertiary/aromatic N) is 1. The minimum Gasteiger partial charge on any atom is -0.491 e. The fourth-order valence-corrected chi connectivity index (χ4v) is 2.20. The lowest BCUT2D eigenvalue weighted by atomic mass is 9.96. The third kappa shape index (κ3) is 2.47. The van der Waals surface area contributed by atoms with Gasteiger partial charge in [0.05, 0.1) is 12.6 Å². The molecule has 0 saturated carbocycles. The average molecular weight is 251 g/mol. The van der Waals surface area contributed by atoms with Gasteiger partial charge in [-0.3, -0.25) is 9.69 Å². The van der Waals surface area contributed by atoms with E-state index in [2.05, 4.69) is 0 Å². The molecular weight excluding hydrogens is 234 g/mol. The largest absolute Gasteiger partial charge is 0.491 e. The quantitative estimate of drug-likeness (QED) is 0.831. The maximum absolute atomic E-state index is 10.7. The van der Waals surface area contributed by atoms with E-state index in [-0.39, 0.29) is 12.6 Å². The van der Waals surface area contributed by atoms with Crippen LogP contribution >= 0.6 is 0 Å². The Labute approximate surface area is 106 Å². The Balaban J connectivity index is 2.21. The van der Waals surface area contributed by atoms with Crippen LogP contribution in [0.5, 0.6) is 5.75 Å². The van der Waals surface area contributed by atoms with Crippen molar-refractivity contribution in [3.05, 3.63) is 29.3 Å². The molecule has 1 aliphatic heterocycles. The molecule has 5 nitrogen and oxygen atoms in total. The highest BCUT2D eigenvalue weighted by Crippen LogP contribution is 2.34. The maximum Gasteiger partial charge on any atom is 0.317 e. The number of ether oxygens (including phenoxy) is 1. The molecule has 0 fully saturated rings. The number of likely N-dealkylation sites (N-methyl/N-ethyl adjacent to an activating group) is 1. The Bertz CT molecular complexity index is 460. The van der Waals surface area contributed by atoms with Gasteiger partial charge >= 0.3 is 5.97 Å². The average Bonchev–Trinajstić information content (AvgIpc) is 2.29. The molecular formula is C13H17NO4. The van der Waals surface area contributed by atoms with Gasteiger partial charge in [0, 0.05) is 5.56 Å². The van der Waals surface area contributed by atoms with Gasteiger partial charge in [-0.25, -0.2) is 0 Å². The summed E-state index contributed by atoms with van der Waals surface area (Å²) >= 11 is 0. The number of benzene rings is 1. The summed E-state index contributed by atoms with van der Waals surface area (Å²) in [6, 6.07) is 5.30. The van der Waals surface area contributed by atoms with Crippen molar-refractivity contribution in [2.24, 2.45) is 0 Å². The molecule has 0 spiro atoms. The molecule has 0 saturated heterocycles. The summed E-state index contributed by atoms with van der Waals surface area (Å²) in [5.74, 6) is -0.243. The molecule has 2 N–H and O–H groups in total. The lowest BCUT2D eigenvalue weighted by Gasteiger charge is -2.35. The Morgan fingerprint density at radius 3 is 2.94 bits per heavy atom. The highest BCUT2D eigenvalue weighted by molar-refractivity contribution is 5.69. The van der Waals surface area contributed by atoms with Crippen LogP contribution in [0.3, 0.4) is 0 Å². The summed E-state index contributed by atoms with van der Waals surface area (Å²) in [4.78, 5) is 12.3. The molecule has 1 aliphatic rings. The highest BCUT2D eigenvalue weighted by atomic mass is 16.5. The van der Waals surface area contributed by atoms with E-state index in [1.807, 2.05) is 25.1 Å². The zero-order chi connectivity index (χ0) is 13.3. The van der Waals surface area contributed by atoms with Crippen molar-refractivity contribution >= 4 is 5.97 Å². The first-order valence-corrected chi connectivity index (χ1v) is 5.82. The molecule has 0 aromatic heterocycles. The molecule has 98 valence electrons. The molecule has 2 unspecified atom stereocenters. The number of aliphatic carboxylic acids is 1. The van der Waals surface area contributed by atoms with E-state index in [0.717, 1.165) is 11.1 Å². The van der Waals surface area contributed by atoms with Gasteiger partial charge in [0.15, 0.2) is 0 Å². The number of carboxylic acids is 1. The number of hydrogen-bond acceptors (Lipinski definition) is 4. The molecule has 18 heavy (non-hydrogen) atoms.